The molecule has 0 bridgehead atoms. The fourth-order valence-electron chi connectivity index (χ4n) is 3.60. The predicted molar refractivity (Wildman–Crippen MR) is 127 cm³/mol. The van der Waals surface area contributed by atoms with Gasteiger partial charge in [0.15, 0.2) is 0 Å². The maximum Gasteiger partial charge on any atom is 0.332 e. The highest BCUT2D eigenvalue weighted by Gasteiger charge is 2.19. The number of aromatic nitrogens is 2. The molecule has 0 N–H and O–H groups in total. The van der Waals surface area contributed by atoms with E-state index in [1.165, 1.54) is 25.4 Å². The number of carbonyl (C=O) groups excluding carboxylic acids is 1. The Morgan fingerprint density at radius 2 is 1.84 bits per heavy atom. The Balaban J connectivity index is 1.74. The first kappa shape index (κ1) is 21.6. The number of aryl methyl sites for hydroxylation is 1. The Hall–Kier alpha value is -3.65. The van der Waals surface area contributed by atoms with Gasteiger partial charge in [0.1, 0.15) is 17.0 Å². The first-order valence-corrected chi connectivity index (χ1v) is 10.9. The number of methoxy groups -OCH3 is 1. The summed E-state index contributed by atoms with van der Waals surface area (Å²) in [4.78, 5) is 40.9. The van der Waals surface area contributed by atoms with Crippen LogP contribution in [0.25, 0.3) is 10.2 Å². The first-order valence-electron chi connectivity index (χ1n) is 10.1. The molecule has 0 spiro atoms. The van der Waals surface area contributed by atoms with Gasteiger partial charge in [-0.1, -0.05) is 24.3 Å². The topological polar surface area (TPSA) is 73.5 Å². The Bertz CT molecular complexity index is 1420. The molecule has 1 amide bonds. The van der Waals surface area contributed by atoms with Gasteiger partial charge in [-0.2, -0.15) is 0 Å². The van der Waals surface area contributed by atoms with E-state index in [1.807, 2.05) is 43.3 Å². The molecular weight excluding hydrogens is 426 g/mol. The van der Waals surface area contributed by atoms with Crippen LogP contribution >= 0.6 is 11.3 Å². The predicted octanol–water partition coefficient (Wildman–Crippen LogP) is 3.25. The lowest BCUT2D eigenvalue weighted by molar-refractivity contribution is -0.118. The van der Waals surface area contributed by atoms with Gasteiger partial charge in [-0.05, 0) is 53.8 Å². The molecule has 0 fully saturated rings. The number of anilines is 1. The monoisotopic (exact) mass is 449 g/mol. The third kappa shape index (κ3) is 4.09. The molecule has 2 heterocycles. The zero-order chi connectivity index (χ0) is 22.8. The number of rotatable bonds is 6. The average molecular weight is 450 g/mol. The van der Waals surface area contributed by atoms with E-state index in [0.717, 1.165) is 16.8 Å². The summed E-state index contributed by atoms with van der Waals surface area (Å²) in [7, 11) is 3.24. The Morgan fingerprint density at radius 3 is 2.59 bits per heavy atom. The summed E-state index contributed by atoms with van der Waals surface area (Å²) < 4.78 is 8.24. The van der Waals surface area contributed by atoms with E-state index in [1.54, 1.807) is 37.7 Å². The summed E-state index contributed by atoms with van der Waals surface area (Å²) in [5.41, 5.74) is 2.13. The molecule has 0 atom stereocenters. The molecule has 0 unspecified atom stereocenters. The van der Waals surface area contributed by atoms with E-state index in [9.17, 15) is 14.4 Å². The molecular formula is C24H23N3O4S. The van der Waals surface area contributed by atoms with Crippen molar-refractivity contribution in [2.24, 2.45) is 0 Å². The number of thiophene rings is 1. The minimum absolute atomic E-state index is 0.0879. The van der Waals surface area contributed by atoms with Gasteiger partial charge < -0.3 is 9.64 Å². The second-order valence-electron chi connectivity index (χ2n) is 7.54. The zero-order valence-electron chi connectivity index (χ0n) is 18.1. The van der Waals surface area contributed by atoms with Gasteiger partial charge in [-0.15, -0.1) is 11.3 Å². The lowest BCUT2D eigenvalue weighted by atomic mass is 10.2. The lowest BCUT2D eigenvalue weighted by Crippen LogP contribution is -2.42. The molecule has 0 saturated heterocycles. The highest BCUT2D eigenvalue weighted by Crippen LogP contribution is 2.18. The Kier molecular flexibility index (Phi) is 5.96. The maximum absolute atomic E-state index is 13.3. The number of likely N-dealkylation sites (N-methyl/N-ethyl adjacent to an activating group) is 1. The van der Waals surface area contributed by atoms with Crippen LogP contribution < -0.4 is 20.9 Å². The third-order valence-corrected chi connectivity index (χ3v) is 6.26. The van der Waals surface area contributed by atoms with Crippen LogP contribution in [0.3, 0.4) is 0 Å². The maximum atomic E-state index is 13.3. The normalized spacial score (nSPS) is 11.0. The molecule has 2 aromatic heterocycles. The van der Waals surface area contributed by atoms with Crippen molar-refractivity contribution < 1.29 is 9.53 Å². The molecule has 0 aliphatic rings. The molecule has 0 aliphatic heterocycles. The van der Waals surface area contributed by atoms with Crippen molar-refractivity contribution in [2.75, 3.05) is 19.1 Å². The number of hydrogen-bond acceptors (Lipinski definition) is 5. The van der Waals surface area contributed by atoms with Crippen molar-refractivity contribution in [2.45, 2.75) is 20.0 Å². The van der Waals surface area contributed by atoms with Gasteiger partial charge >= 0.3 is 5.69 Å². The third-order valence-electron chi connectivity index (χ3n) is 5.37. The van der Waals surface area contributed by atoms with Gasteiger partial charge in [0.2, 0.25) is 5.91 Å². The van der Waals surface area contributed by atoms with Crippen LogP contribution in [0.15, 0.2) is 69.6 Å². The van der Waals surface area contributed by atoms with Gasteiger partial charge in [-0.25, -0.2) is 4.79 Å². The highest BCUT2D eigenvalue weighted by molar-refractivity contribution is 7.17. The molecule has 164 valence electrons. The molecule has 4 rings (SSSR count). The second-order valence-corrected chi connectivity index (χ2v) is 8.45. The standard InChI is InChI=1S/C24H23N3O4S/c1-16-6-4-8-18(12-16)25(2)21(28)15-26-20-10-11-32-22(20)23(29)27(24(26)30)14-17-7-5-9-19(13-17)31-3/h4-13H,14-15H2,1-3H3. The van der Waals surface area contributed by atoms with E-state index >= 15 is 0 Å². The lowest BCUT2D eigenvalue weighted by Gasteiger charge is -2.19. The largest absolute Gasteiger partial charge is 0.497 e. The minimum Gasteiger partial charge on any atom is -0.497 e. The average Bonchev–Trinajstić information content (AvgIpc) is 3.29. The van der Waals surface area contributed by atoms with Crippen LogP contribution in [0.2, 0.25) is 0 Å². The van der Waals surface area contributed by atoms with Crippen LogP contribution in [-0.2, 0) is 17.9 Å². The second kappa shape index (κ2) is 8.84. The molecule has 7 nitrogen and oxygen atoms in total. The summed E-state index contributed by atoms with van der Waals surface area (Å²) in [5.74, 6) is 0.389. The van der Waals surface area contributed by atoms with Crippen molar-refractivity contribution in [1.29, 1.82) is 0 Å². The molecule has 4 aromatic rings. The summed E-state index contributed by atoms with van der Waals surface area (Å²) in [5, 5.41) is 1.76. The number of amides is 1. The van der Waals surface area contributed by atoms with Crippen LogP contribution in [0.1, 0.15) is 11.1 Å². The van der Waals surface area contributed by atoms with Gasteiger partial charge in [0.05, 0.1) is 19.2 Å². The van der Waals surface area contributed by atoms with Crippen molar-refractivity contribution in [3.05, 3.63) is 91.9 Å². The van der Waals surface area contributed by atoms with E-state index < -0.39 is 5.69 Å². The number of fused-ring (bicyclic) bond motifs is 1. The number of nitrogens with zero attached hydrogens (tertiary/aromatic N) is 3. The summed E-state index contributed by atoms with van der Waals surface area (Å²) >= 11 is 1.26. The van der Waals surface area contributed by atoms with E-state index in [0.29, 0.717) is 16.0 Å². The van der Waals surface area contributed by atoms with Crippen LogP contribution in [-0.4, -0.2) is 29.2 Å². The molecule has 8 heteroatoms. The summed E-state index contributed by atoms with van der Waals surface area (Å²) in [6.07, 6.45) is 0. The molecule has 0 saturated carbocycles. The quantitative estimate of drug-likeness (QED) is 0.453. The summed E-state index contributed by atoms with van der Waals surface area (Å²) in [6.45, 7) is 1.87. The first-order chi connectivity index (χ1) is 15.4. The fourth-order valence-corrected chi connectivity index (χ4v) is 4.44. The van der Waals surface area contributed by atoms with Gasteiger partial charge in [0, 0.05) is 12.7 Å². The SMILES string of the molecule is COc1cccc(Cn2c(=O)c3sccc3n(CC(=O)N(C)c3cccc(C)c3)c2=O)c1. The van der Waals surface area contributed by atoms with Gasteiger partial charge in [0.25, 0.3) is 5.56 Å². The number of hydrogen-bond donors (Lipinski definition) is 0. The van der Waals surface area contributed by atoms with Crippen LogP contribution in [0.5, 0.6) is 5.75 Å². The van der Waals surface area contributed by atoms with E-state index in [4.69, 9.17) is 4.74 Å². The van der Waals surface area contributed by atoms with Crippen molar-refractivity contribution in [3.63, 3.8) is 0 Å². The minimum atomic E-state index is -0.519. The smallest absolute Gasteiger partial charge is 0.332 e. The van der Waals surface area contributed by atoms with Crippen molar-refractivity contribution in [3.8, 4) is 5.75 Å². The van der Waals surface area contributed by atoms with E-state index in [-0.39, 0.29) is 24.6 Å². The number of carbonyl (C=O) groups is 1. The number of benzene rings is 2. The highest BCUT2D eigenvalue weighted by atomic mass is 32.1. The Morgan fingerprint density at radius 1 is 1.06 bits per heavy atom. The van der Waals surface area contributed by atoms with Crippen molar-refractivity contribution in [1.82, 2.24) is 9.13 Å². The Labute approximate surface area is 188 Å². The van der Waals surface area contributed by atoms with E-state index in [2.05, 4.69) is 0 Å². The molecule has 0 radical (unpaired) electrons. The molecule has 2 aromatic carbocycles. The summed E-state index contributed by atoms with van der Waals surface area (Å²) in [6, 6.07) is 16.5. The van der Waals surface area contributed by atoms with Crippen LogP contribution in [0, 0.1) is 6.92 Å². The molecule has 0 aliphatic carbocycles. The zero-order valence-corrected chi connectivity index (χ0v) is 18.9. The van der Waals surface area contributed by atoms with Crippen molar-refractivity contribution >= 4 is 33.1 Å². The fraction of sp³-hybridized carbons (Fsp3) is 0.208. The number of ether oxygens (including phenoxy) is 1. The van der Waals surface area contributed by atoms with Gasteiger partial charge in [-0.3, -0.25) is 18.7 Å². The van der Waals surface area contributed by atoms with Crippen LogP contribution in [0.4, 0.5) is 5.69 Å². The molecule has 32 heavy (non-hydrogen) atoms.